The van der Waals surface area contributed by atoms with Crippen molar-refractivity contribution in [1.29, 1.82) is 0 Å². The van der Waals surface area contributed by atoms with Crippen LogP contribution in [0.3, 0.4) is 0 Å². The molecule has 3 heterocycles. The third kappa shape index (κ3) is 15.6. The van der Waals surface area contributed by atoms with E-state index < -0.39 is 64.8 Å². The average molecular weight is 985 g/mol. The highest BCUT2D eigenvalue weighted by atomic mass is 16.6. The minimum absolute atomic E-state index is 0.00119. The lowest BCUT2D eigenvalue weighted by Gasteiger charge is -2.34. The fraction of sp³-hybridized carbons (Fsp3) is 0.561. The third-order valence-corrected chi connectivity index (χ3v) is 13.6. The Labute approximate surface area is 419 Å². The lowest BCUT2D eigenvalue weighted by Crippen LogP contribution is -2.44. The van der Waals surface area contributed by atoms with Crippen molar-refractivity contribution in [2.75, 3.05) is 7.11 Å². The Bertz CT molecular complexity index is 2320. The molecule has 0 bridgehead atoms. The number of hydrogen-bond donors (Lipinski definition) is 2. The second-order valence-corrected chi connectivity index (χ2v) is 20.6. The normalized spacial score (nSPS) is 30.2. The van der Waals surface area contributed by atoms with E-state index in [1.54, 1.807) is 6.08 Å². The van der Waals surface area contributed by atoms with Gasteiger partial charge in [0.1, 0.15) is 36.3 Å². The van der Waals surface area contributed by atoms with Gasteiger partial charge in [0.25, 0.3) is 0 Å². The molecule has 0 aromatic heterocycles. The Morgan fingerprint density at radius 1 is 0.577 bits per heavy atom. The number of esters is 4. The largest absolute Gasteiger partial charge is 0.498 e. The van der Waals surface area contributed by atoms with Gasteiger partial charge in [-0.15, -0.1) is 0 Å². The van der Waals surface area contributed by atoms with Crippen molar-refractivity contribution >= 4 is 41.2 Å². The summed E-state index contributed by atoms with van der Waals surface area (Å²) in [6, 6.07) is 0. The highest BCUT2D eigenvalue weighted by molar-refractivity contribution is 6.02. The summed E-state index contributed by atoms with van der Waals surface area (Å²) in [4.78, 5) is 84.4. The molecule has 2 N–H and O–H groups in total. The molecule has 3 fully saturated rings. The topological polar surface area (TPSA) is 206 Å². The maximum Gasteiger partial charge on any atom is 0.307 e. The van der Waals surface area contributed by atoms with E-state index in [0.29, 0.717) is 0 Å². The molecular formula is C57H76O14. The Hall–Kier alpha value is -5.73. The predicted molar refractivity (Wildman–Crippen MR) is 268 cm³/mol. The van der Waals surface area contributed by atoms with E-state index >= 15 is 0 Å². The van der Waals surface area contributed by atoms with Gasteiger partial charge in [-0.1, -0.05) is 57.7 Å². The van der Waals surface area contributed by atoms with E-state index in [4.69, 9.17) is 23.7 Å². The zero-order valence-corrected chi connectivity index (χ0v) is 43.6. The zero-order chi connectivity index (χ0) is 52.8. The van der Waals surface area contributed by atoms with Crippen LogP contribution in [0.4, 0.5) is 0 Å². The number of ketones is 3. The Morgan fingerprint density at radius 2 is 0.958 bits per heavy atom. The van der Waals surface area contributed by atoms with Gasteiger partial charge in [-0.3, -0.25) is 33.6 Å². The van der Waals surface area contributed by atoms with Gasteiger partial charge in [0, 0.05) is 19.4 Å². The van der Waals surface area contributed by atoms with Crippen LogP contribution < -0.4 is 0 Å². The molecule has 3 spiro atoms. The van der Waals surface area contributed by atoms with Crippen LogP contribution in [0, 0.1) is 16.2 Å². The molecule has 0 saturated carbocycles. The van der Waals surface area contributed by atoms with Crippen molar-refractivity contribution in [2.24, 2.45) is 16.2 Å². The van der Waals surface area contributed by atoms with Crippen LogP contribution in [-0.4, -0.2) is 95.2 Å². The summed E-state index contributed by atoms with van der Waals surface area (Å²) in [6.45, 7) is 19.6. The summed E-state index contributed by atoms with van der Waals surface area (Å²) in [6.07, 6.45) is 21.3. The summed E-state index contributed by atoms with van der Waals surface area (Å²) in [5.41, 5.74) is 4.10. The Balaban J connectivity index is 0.000000232. The summed E-state index contributed by atoms with van der Waals surface area (Å²) in [5.74, 6) is -1.79. The summed E-state index contributed by atoms with van der Waals surface area (Å²) >= 11 is 0. The maximum absolute atomic E-state index is 12.6. The molecule has 0 aromatic rings. The lowest BCUT2D eigenvalue weighted by molar-refractivity contribution is -0.148. The molecule has 6 rings (SSSR count). The molecule has 71 heavy (non-hydrogen) atoms. The quantitative estimate of drug-likeness (QED) is 0.0946. The van der Waals surface area contributed by atoms with Gasteiger partial charge in [-0.25, -0.2) is 0 Å². The molecule has 9 atom stereocenters. The first-order valence-corrected chi connectivity index (χ1v) is 24.6. The number of hydrogen-bond acceptors (Lipinski definition) is 14. The van der Waals surface area contributed by atoms with Crippen molar-refractivity contribution in [3.63, 3.8) is 0 Å². The minimum atomic E-state index is -1.02. The predicted octanol–water partition coefficient (Wildman–Crippen LogP) is 9.16. The molecule has 3 aliphatic heterocycles. The monoisotopic (exact) mass is 985 g/mol. The van der Waals surface area contributed by atoms with Crippen molar-refractivity contribution in [3.05, 3.63) is 106 Å². The number of aliphatic hydroxyl groups is 2. The fourth-order valence-electron chi connectivity index (χ4n) is 9.78. The van der Waals surface area contributed by atoms with Crippen molar-refractivity contribution in [3.8, 4) is 0 Å². The molecule has 3 unspecified atom stereocenters. The number of cyclic esters (lactones) is 3. The van der Waals surface area contributed by atoms with Crippen molar-refractivity contribution in [2.45, 2.75) is 183 Å². The highest BCUT2D eigenvalue weighted by Crippen LogP contribution is 2.48. The lowest BCUT2D eigenvalue weighted by atomic mass is 9.69. The number of rotatable bonds is 14. The minimum Gasteiger partial charge on any atom is -0.498 e. The first-order valence-electron chi connectivity index (χ1n) is 24.6. The molecule has 3 aliphatic carbocycles. The van der Waals surface area contributed by atoms with Crippen LogP contribution in [0.1, 0.15) is 146 Å². The summed E-state index contributed by atoms with van der Waals surface area (Å²) in [5, 5.41) is 20.1. The SMILES string of the molecule is CC(=O)O[C@@H]1C=CC(=O)C2(CC(=O)O[C@@H]2/C=C(\C)CCC=C(C)C)C1.CC(C)=CCC/C(C)=C/[C@H]1OC(=O)CC12C[C@H](O)C=CC2=O.COC1=CC(=O)C2(CC(=O)O[C@@H]2/C=C(\C)CCC=C(C)C)C[C@@H]1O. The Morgan fingerprint density at radius 3 is 1.34 bits per heavy atom. The molecule has 0 radical (unpaired) electrons. The number of allylic oxidation sites excluding steroid dienone is 12. The first-order chi connectivity index (χ1) is 33.3. The fourth-order valence-corrected chi connectivity index (χ4v) is 9.78. The van der Waals surface area contributed by atoms with Crippen molar-refractivity contribution in [1.82, 2.24) is 0 Å². The third-order valence-electron chi connectivity index (χ3n) is 13.6. The second kappa shape index (κ2) is 25.6. The van der Waals surface area contributed by atoms with E-state index in [1.807, 2.05) is 39.0 Å². The van der Waals surface area contributed by atoms with Gasteiger partial charge in [0.15, 0.2) is 17.3 Å². The summed E-state index contributed by atoms with van der Waals surface area (Å²) in [7, 11) is 1.42. The van der Waals surface area contributed by atoms with Gasteiger partial charge >= 0.3 is 23.9 Å². The standard InChI is InChI=1S/C20H26O5.C19H26O5.C18H24O4/c1-13(2)6-5-7-14(3)10-18-20(12-19(23)25-18)11-16(24-15(4)21)8-9-17(20)22;1-12(2)6-5-7-13(3)8-17-19(11-18(22)24-17)10-14(20)15(23-4)9-16(19)21;1-12(2)5-4-6-13(3)9-16-18(11-17(21)22-16)10-14(19)7-8-15(18)20/h6,8-10,16,18H,5,7,11-12H2,1-4H3;6,8-9,14,17,20H,5,7,10-11H2,1-4H3;5,7-9,14,16,19H,4,6,10-11H2,1-3H3/b14-10+;13-8+;13-9+/t16-,18-,20?;14-,17+,19?;14-,16-,18?/m101/s1. The van der Waals surface area contributed by atoms with Crippen LogP contribution in [0.25, 0.3) is 0 Å². The molecule has 14 heteroatoms. The number of carbonyl (C=O) groups excluding carboxylic acids is 7. The molecule has 0 aromatic carbocycles. The van der Waals surface area contributed by atoms with Gasteiger partial charge in [0.05, 0.1) is 48.7 Å². The smallest absolute Gasteiger partial charge is 0.307 e. The van der Waals surface area contributed by atoms with Crippen LogP contribution >= 0.6 is 0 Å². The van der Waals surface area contributed by atoms with Gasteiger partial charge < -0.3 is 33.9 Å². The Kier molecular flexibility index (Phi) is 20.8. The zero-order valence-electron chi connectivity index (χ0n) is 43.6. The van der Waals surface area contributed by atoms with E-state index in [-0.39, 0.29) is 73.6 Å². The molecule has 6 aliphatic rings. The van der Waals surface area contributed by atoms with Crippen LogP contribution in [0.2, 0.25) is 0 Å². The number of methoxy groups -OCH3 is 1. The first kappa shape index (κ1) is 57.8. The van der Waals surface area contributed by atoms with Gasteiger partial charge in [-0.05, 0) is 150 Å². The van der Waals surface area contributed by atoms with Crippen LogP contribution in [0.5, 0.6) is 0 Å². The second-order valence-electron chi connectivity index (χ2n) is 20.6. The van der Waals surface area contributed by atoms with Crippen molar-refractivity contribution < 1.29 is 67.5 Å². The molecule has 388 valence electrons. The number of ether oxygens (including phenoxy) is 5. The van der Waals surface area contributed by atoms with E-state index in [9.17, 15) is 43.8 Å². The maximum atomic E-state index is 12.6. The average Bonchev–Trinajstić information content (AvgIpc) is 3.86. The molecule has 3 saturated heterocycles. The van der Waals surface area contributed by atoms with E-state index in [1.165, 1.54) is 55.1 Å². The van der Waals surface area contributed by atoms with Crippen LogP contribution in [0.15, 0.2) is 106 Å². The number of aliphatic hydroxyl groups excluding tert-OH is 2. The van der Waals surface area contributed by atoms with Crippen LogP contribution in [-0.2, 0) is 57.2 Å². The number of carbonyl (C=O) groups is 7. The summed E-state index contributed by atoms with van der Waals surface area (Å²) < 4.78 is 26.5. The van der Waals surface area contributed by atoms with Gasteiger partial charge in [0.2, 0.25) is 0 Å². The molecule has 14 nitrogen and oxygen atoms in total. The molecular weight excluding hydrogens is 909 g/mol. The van der Waals surface area contributed by atoms with E-state index in [2.05, 4.69) is 59.8 Å². The van der Waals surface area contributed by atoms with Gasteiger partial charge in [-0.2, -0.15) is 0 Å². The van der Waals surface area contributed by atoms with E-state index in [0.717, 1.165) is 55.2 Å². The molecule has 0 amide bonds. The highest BCUT2D eigenvalue weighted by Gasteiger charge is 2.57.